The Morgan fingerprint density at radius 3 is 2.41 bits per heavy atom. The average Bonchev–Trinajstić information content (AvgIpc) is 3.09. The number of non-ortho nitro benzene ring substituents is 1. The van der Waals surface area contributed by atoms with Crippen LogP contribution in [-0.4, -0.2) is 28.1 Å². The Balaban J connectivity index is 1.56. The number of aromatic nitrogens is 2. The Labute approximate surface area is 159 Å². The highest BCUT2D eigenvalue weighted by atomic mass is 32.1. The van der Waals surface area contributed by atoms with Crippen LogP contribution in [0.2, 0.25) is 0 Å². The maximum atomic E-state index is 12.1. The van der Waals surface area contributed by atoms with Gasteiger partial charge in [-0.1, -0.05) is 35.6 Å². The van der Waals surface area contributed by atoms with Crippen molar-refractivity contribution in [2.24, 2.45) is 0 Å². The third-order valence-electron chi connectivity index (χ3n) is 3.74. The fourth-order valence-corrected chi connectivity index (χ4v) is 3.17. The number of anilines is 1. The van der Waals surface area contributed by atoms with Gasteiger partial charge in [0.25, 0.3) is 5.69 Å². The van der Waals surface area contributed by atoms with E-state index >= 15 is 0 Å². The van der Waals surface area contributed by atoms with Gasteiger partial charge in [0.1, 0.15) is 10.8 Å². The van der Waals surface area contributed by atoms with Crippen molar-refractivity contribution in [2.75, 3.05) is 12.4 Å². The van der Waals surface area contributed by atoms with Crippen molar-refractivity contribution in [3.8, 4) is 5.75 Å². The Bertz CT molecular complexity index is 939. The number of nitrogens with zero attached hydrogens (tertiary/aromatic N) is 3. The van der Waals surface area contributed by atoms with Crippen LogP contribution in [0.5, 0.6) is 5.75 Å². The van der Waals surface area contributed by atoms with Crippen LogP contribution < -0.4 is 10.1 Å². The summed E-state index contributed by atoms with van der Waals surface area (Å²) in [5, 5.41) is 22.6. The first-order valence-electron chi connectivity index (χ1n) is 8.02. The topological polar surface area (TPSA) is 107 Å². The van der Waals surface area contributed by atoms with Gasteiger partial charge in [-0.25, -0.2) is 0 Å². The van der Waals surface area contributed by atoms with Crippen molar-refractivity contribution >= 4 is 28.1 Å². The molecule has 3 rings (SSSR count). The summed E-state index contributed by atoms with van der Waals surface area (Å²) < 4.78 is 5.13. The zero-order valence-corrected chi connectivity index (χ0v) is 15.2. The molecule has 0 radical (unpaired) electrons. The van der Waals surface area contributed by atoms with Gasteiger partial charge in [-0.2, -0.15) is 0 Å². The van der Waals surface area contributed by atoms with E-state index in [1.807, 2.05) is 24.3 Å². The largest absolute Gasteiger partial charge is 0.497 e. The predicted molar refractivity (Wildman–Crippen MR) is 101 cm³/mol. The first kappa shape index (κ1) is 18.5. The van der Waals surface area contributed by atoms with Gasteiger partial charge in [-0.05, 0) is 23.3 Å². The highest BCUT2D eigenvalue weighted by Gasteiger charge is 2.11. The molecule has 0 fully saturated rings. The smallest absolute Gasteiger partial charge is 0.269 e. The number of carbonyl (C=O) groups excluding carboxylic acids is 1. The van der Waals surface area contributed by atoms with Crippen LogP contribution in [0.15, 0.2) is 48.5 Å². The van der Waals surface area contributed by atoms with Crippen LogP contribution in [0, 0.1) is 10.1 Å². The van der Waals surface area contributed by atoms with Crippen molar-refractivity contribution in [3.63, 3.8) is 0 Å². The van der Waals surface area contributed by atoms with Crippen molar-refractivity contribution in [1.82, 2.24) is 10.2 Å². The van der Waals surface area contributed by atoms with Gasteiger partial charge in [0.05, 0.1) is 18.5 Å². The molecular weight excluding hydrogens is 368 g/mol. The molecule has 0 atom stereocenters. The third-order valence-corrected chi connectivity index (χ3v) is 4.58. The van der Waals surface area contributed by atoms with Gasteiger partial charge >= 0.3 is 0 Å². The van der Waals surface area contributed by atoms with Crippen molar-refractivity contribution in [2.45, 2.75) is 12.8 Å². The monoisotopic (exact) mass is 384 g/mol. The molecule has 1 amide bonds. The van der Waals surface area contributed by atoms with Gasteiger partial charge in [-0.3, -0.25) is 14.9 Å². The Kier molecular flexibility index (Phi) is 5.72. The second-order valence-corrected chi connectivity index (χ2v) is 6.74. The number of nitrogens with one attached hydrogen (secondary N) is 1. The quantitative estimate of drug-likeness (QED) is 0.495. The number of benzene rings is 2. The lowest BCUT2D eigenvalue weighted by Crippen LogP contribution is -2.14. The lowest BCUT2D eigenvalue weighted by atomic mass is 10.1. The number of carbonyl (C=O) groups is 1. The molecule has 0 aliphatic carbocycles. The highest BCUT2D eigenvalue weighted by molar-refractivity contribution is 7.15. The van der Waals surface area contributed by atoms with E-state index in [0.717, 1.165) is 16.3 Å². The maximum absolute atomic E-state index is 12.1. The van der Waals surface area contributed by atoms with E-state index in [1.165, 1.54) is 23.5 Å². The summed E-state index contributed by atoms with van der Waals surface area (Å²) in [6.45, 7) is 0. The van der Waals surface area contributed by atoms with Gasteiger partial charge in [0, 0.05) is 18.6 Å². The van der Waals surface area contributed by atoms with Gasteiger partial charge in [0.2, 0.25) is 11.0 Å². The number of rotatable bonds is 7. The summed E-state index contributed by atoms with van der Waals surface area (Å²) in [6, 6.07) is 13.5. The fraction of sp³-hybridized carbons (Fsp3) is 0.167. The van der Waals surface area contributed by atoms with E-state index in [0.29, 0.717) is 17.1 Å². The van der Waals surface area contributed by atoms with Crippen molar-refractivity contribution in [1.29, 1.82) is 0 Å². The first-order chi connectivity index (χ1) is 13.0. The zero-order chi connectivity index (χ0) is 19.2. The second kappa shape index (κ2) is 8.37. The van der Waals surface area contributed by atoms with E-state index in [9.17, 15) is 14.9 Å². The normalized spacial score (nSPS) is 10.4. The summed E-state index contributed by atoms with van der Waals surface area (Å²) in [4.78, 5) is 22.3. The van der Waals surface area contributed by atoms with Gasteiger partial charge in [-0.15, -0.1) is 10.2 Å². The maximum Gasteiger partial charge on any atom is 0.269 e. The molecule has 3 aromatic rings. The molecule has 9 heteroatoms. The van der Waals surface area contributed by atoms with E-state index in [1.54, 1.807) is 19.2 Å². The van der Waals surface area contributed by atoms with Gasteiger partial charge < -0.3 is 10.1 Å². The summed E-state index contributed by atoms with van der Waals surface area (Å²) in [6.07, 6.45) is 0.714. The Morgan fingerprint density at radius 1 is 1.11 bits per heavy atom. The SMILES string of the molecule is COc1ccc(Cc2nnc(NC(=O)Cc3ccc([N+](=O)[O-])cc3)s2)cc1. The molecule has 0 saturated heterocycles. The Morgan fingerprint density at radius 2 is 1.78 bits per heavy atom. The molecule has 0 aliphatic heterocycles. The minimum Gasteiger partial charge on any atom is -0.497 e. The van der Waals surface area contributed by atoms with E-state index in [2.05, 4.69) is 15.5 Å². The number of methoxy groups -OCH3 is 1. The van der Waals surface area contributed by atoms with Crippen LogP contribution in [0.25, 0.3) is 0 Å². The molecule has 1 N–H and O–H groups in total. The van der Waals surface area contributed by atoms with Crippen LogP contribution in [0.3, 0.4) is 0 Å². The highest BCUT2D eigenvalue weighted by Crippen LogP contribution is 2.20. The van der Waals surface area contributed by atoms with Crippen LogP contribution in [0.1, 0.15) is 16.1 Å². The fourth-order valence-electron chi connectivity index (χ4n) is 2.38. The molecule has 1 aromatic heterocycles. The molecule has 0 spiro atoms. The summed E-state index contributed by atoms with van der Waals surface area (Å²) in [5.74, 6) is 0.534. The molecule has 138 valence electrons. The Hall–Kier alpha value is -3.33. The number of hydrogen-bond donors (Lipinski definition) is 1. The standard InChI is InChI=1S/C18H16N4O4S/c1-26-15-8-4-13(5-9-15)11-17-20-21-18(27-17)19-16(23)10-12-2-6-14(7-3-12)22(24)25/h2-9H,10-11H2,1H3,(H,19,21,23). The number of nitro groups is 1. The zero-order valence-electron chi connectivity index (χ0n) is 14.4. The molecule has 0 aliphatic rings. The predicted octanol–water partition coefficient (Wildman–Crippen LogP) is 3.23. The molecular formula is C18H16N4O4S. The number of ether oxygens (including phenoxy) is 1. The molecule has 8 nitrogen and oxygen atoms in total. The molecule has 1 heterocycles. The van der Waals surface area contributed by atoms with E-state index < -0.39 is 4.92 Å². The molecule has 2 aromatic carbocycles. The summed E-state index contributed by atoms with van der Waals surface area (Å²) in [5.41, 5.74) is 1.74. The third kappa shape index (κ3) is 5.08. The average molecular weight is 384 g/mol. The second-order valence-electron chi connectivity index (χ2n) is 5.67. The van der Waals surface area contributed by atoms with Crippen molar-refractivity contribution in [3.05, 3.63) is 74.8 Å². The number of nitro benzene ring substituents is 1. The minimum absolute atomic E-state index is 0.00791. The number of hydrogen-bond acceptors (Lipinski definition) is 7. The lowest BCUT2D eigenvalue weighted by molar-refractivity contribution is -0.384. The molecule has 27 heavy (non-hydrogen) atoms. The first-order valence-corrected chi connectivity index (χ1v) is 8.83. The summed E-state index contributed by atoms with van der Waals surface area (Å²) >= 11 is 1.31. The molecule has 0 bridgehead atoms. The lowest BCUT2D eigenvalue weighted by Gasteiger charge is -2.02. The molecule has 0 unspecified atom stereocenters. The number of amides is 1. The van der Waals surface area contributed by atoms with Crippen molar-refractivity contribution < 1.29 is 14.5 Å². The minimum atomic E-state index is -0.477. The van der Waals surface area contributed by atoms with Crippen LogP contribution >= 0.6 is 11.3 Å². The molecule has 0 saturated carbocycles. The summed E-state index contributed by atoms with van der Waals surface area (Å²) in [7, 11) is 1.62. The van der Waals surface area contributed by atoms with Crippen LogP contribution in [0.4, 0.5) is 10.8 Å². The van der Waals surface area contributed by atoms with Gasteiger partial charge in [0.15, 0.2) is 0 Å². The van der Waals surface area contributed by atoms with E-state index in [-0.39, 0.29) is 18.0 Å². The van der Waals surface area contributed by atoms with Crippen LogP contribution in [-0.2, 0) is 17.6 Å². The van der Waals surface area contributed by atoms with E-state index in [4.69, 9.17) is 4.74 Å².